The molecule has 3 N–H and O–H groups in total. The van der Waals surface area contributed by atoms with Crippen molar-refractivity contribution in [3.8, 4) is 11.5 Å². The largest absolute Gasteiger partial charge is 0.497 e. The number of carbonyl (C=O) groups is 1. The molecular weight excluding hydrogens is 426 g/mol. The van der Waals surface area contributed by atoms with Crippen molar-refractivity contribution in [1.82, 2.24) is 15.6 Å². The average Bonchev–Trinajstić information content (AvgIpc) is 3.30. The van der Waals surface area contributed by atoms with E-state index in [1.165, 1.54) is 10.9 Å². The van der Waals surface area contributed by atoms with Crippen LogP contribution in [0.1, 0.15) is 22.7 Å². The van der Waals surface area contributed by atoms with Crippen LogP contribution in [0.15, 0.2) is 79.0 Å². The molecule has 6 nitrogen and oxygen atoms in total. The highest BCUT2D eigenvalue weighted by molar-refractivity contribution is 5.83. The number of aromatic nitrogens is 1. The van der Waals surface area contributed by atoms with E-state index in [1.807, 2.05) is 54.7 Å². The lowest BCUT2D eigenvalue weighted by atomic mass is 9.98. The molecular formula is C28H31N3O3. The van der Waals surface area contributed by atoms with Crippen LogP contribution in [-0.2, 0) is 17.6 Å². The maximum Gasteiger partial charge on any atom is 0.233 e. The molecule has 176 valence electrons. The normalized spacial score (nSPS) is 11.8. The van der Waals surface area contributed by atoms with Gasteiger partial charge in [-0.3, -0.25) is 4.79 Å². The maximum absolute atomic E-state index is 12.6. The zero-order valence-corrected chi connectivity index (χ0v) is 19.6. The number of nitrogens with one attached hydrogen (secondary N) is 3. The standard InChI is InChI=1S/C28H31N3O3/c1-33-23-11-7-20(8-12-23)17-27(21-9-13-24(34-2)14-10-21)31-19-28(32)29-16-15-22-18-30-26-6-4-3-5-25(22)26/h3-14,18,27,30-31H,15-17,19H2,1-2H3,(H,29,32)/t27-/m1/s1. The van der Waals surface area contributed by atoms with E-state index in [0.29, 0.717) is 6.54 Å². The Morgan fingerprint density at radius 1 is 0.912 bits per heavy atom. The van der Waals surface area contributed by atoms with Gasteiger partial charge in [0.2, 0.25) is 5.91 Å². The fourth-order valence-corrected chi connectivity index (χ4v) is 4.09. The van der Waals surface area contributed by atoms with Gasteiger partial charge in [-0.25, -0.2) is 0 Å². The summed E-state index contributed by atoms with van der Waals surface area (Å²) < 4.78 is 10.6. The number of ether oxygens (including phenoxy) is 2. The van der Waals surface area contributed by atoms with Gasteiger partial charge in [0.05, 0.1) is 20.8 Å². The second-order valence-electron chi connectivity index (χ2n) is 8.22. The number of carbonyl (C=O) groups excluding carboxylic acids is 1. The molecule has 0 unspecified atom stereocenters. The number of rotatable bonds is 11. The molecule has 0 spiro atoms. The molecule has 4 rings (SSSR count). The first kappa shape index (κ1) is 23.4. The first-order valence-corrected chi connectivity index (χ1v) is 11.5. The van der Waals surface area contributed by atoms with Crippen LogP contribution < -0.4 is 20.1 Å². The van der Waals surface area contributed by atoms with Crippen LogP contribution >= 0.6 is 0 Å². The summed E-state index contributed by atoms with van der Waals surface area (Å²) in [5.41, 5.74) is 4.59. The molecule has 1 heterocycles. The molecule has 6 heteroatoms. The molecule has 1 aromatic heterocycles. The molecule has 0 aliphatic rings. The number of H-pyrrole nitrogens is 1. The second kappa shape index (κ2) is 11.4. The number of hydrogen-bond donors (Lipinski definition) is 3. The van der Waals surface area contributed by atoms with Crippen LogP contribution in [0, 0.1) is 0 Å². The quantitative estimate of drug-likeness (QED) is 0.312. The minimum atomic E-state index is -0.0203. The molecule has 0 aliphatic heterocycles. The summed E-state index contributed by atoms with van der Waals surface area (Å²) in [6, 6.07) is 24.2. The highest BCUT2D eigenvalue weighted by Crippen LogP contribution is 2.23. The van der Waals surface area contributed by atoms with Crippen molar-refractivity contribution in [3.63, 3.8) is 0 Å². The second-order valence-corrected chi connectivity index (χ2v) is 8.22. The summed E-state index contributed by atoms with van der Waals surface area (Å²) >= 11 is 0. The summed E-state index contributed by atoms with van der Waals surface area (Å²) in [6.45, 7) is 0.828. The lowest BCUT2D eigenvalue weighted by molar-refractivity contribution is -0.120. The fourth-order valence-electron chi connectivity index (χ4n) is 4.09. The Balaban J connectivity index is 1.35. The summed E-state index contributed by atoms with van der Waals surface area (Å²) in [4.78, 5) is 15.9. The molecule has 1 amide bonds. The van der Waals surface area contributed by atoms with E-state index in [-0.39, 0.29) is 18.5 Å². The van der Waals surface area contributed by atoms with Gasteiger partial charge in [-0.15, -0.1) is 0 Å². The predicted octanol–water partition coefficient (Wildman–Crippen LogP) is 4.42. The fraction of sp³-hybridized carbons (Fsp3) is 0.250. The molecule has 3 aromatic carbocycles. The highest BCUT2D eigenvalue weighted by atomic mass is 16.5. The minimum Gasteiger partial charge on any atom is -0.497 e. The number of hydrogen-bond acceptors (Lipinski definition) is 4. The molecule has 0 aliphatic carbocycles. The number of aromatic amines is 1. The molecule has 0 bridgehead atoms. The summed E-state index contributed by atoms with van der Waals surface area (Å²) in [5.74, 6) is 1.61. The van der Waals surface area contributed by atoms with Crippen LogP contribution in [-0.4, -0.2) is 38.2 Å². The minimum absolute atomic E-state index is 0.0151. The van der Waals surface area contributed by atoms with Gasteiger partial charge in [-0.2, -0.15) is 0 Å². The Bertz CT molecular complexity index is 1200. The molecule has 0 saturated heterocycles. The molecule has 4 aromatic rings. The Morgan fingerprint density at radius 2 is 1.59 bits per heavy atom. The Labute approximate surface area is 200 Å². The average molecular weight is 458 g/mol. The summed E-state index contributed by atoms with van der Waals surface area (Å²) in [5, 5.41) is 7.67. The van der Waals surface area contributed by atoms with Crippen molar-refractivity contribution in [2.45, 2.75) is 18.9 Å². The zero-order chi connectivity index (χ0) is 23.8. The van der Waals surface area contributed by atoms with Gasteiger partial charge in [0, 0.05) is 29.7 Å². The van der Waals surface area contributed by atoms with Gasteiger partial charge >= 0.3 is 0 Å². The van der Waals surface area contributed by atoms with Gasteiger partial charge < -0.3 is 25.1 Å². The van der Waals surface area contributed by atoms with Crippen molar-refractivity contribution in [2.75, 3.05) is 27.3 Å². The van der Waals surface area contributed by atoms with E-state index in [1.54, 1.807) is 14.2 Å². The van der Waals surface area contributed by atoms with Gasteiger partial charge in [0.1, 0.15) is 11.5 Å². The van der Waals surface area contributed by atoms with Gasteiger partial charge in [0.15, 0.2) is 0 Å². The van der Waals surface area contributed by atoms with E-state index in [4.69, 9.17) is 9.47 Å². The van der Waals surface area contributed by atoms with Crippen molar-refractivity contribution in [3.05, 3.63) is 95.7 Å². The van der Waals surface area contributed by atoms with Crippen LogP contribution in [0.4, 0.5) is 0 Å². The van der Waals surface area contributed by atoms with E-state index < -0.39 is 0 Å². The van der Waals surface area contributed by atoms with Crippen molar-refractivity contribution in [2.24, 2.45) is 0 Å². The van der Waals surface area contributed by atoms with Crippen molar-refractivity contribution < 1.29 is 14.3 Å². The van der Waals surface area contributed by atoms with E-state index in [9.17, 15) is 4.79 Å². The highest BCUT2D eigenvalue weighted by Gasteiger charge is 2.14. The maximum atomic E-state index is 12.6. The van der Waals surface area contributed by atoms with E-state index >= 15 is 0 Å². The van der Waals surface area contributed by atoms with Crippen LogP contribution in [0.2, 0.25) is 0 Å². The summed E-state index contributed by atoms with van der Waals surface area (Å²) in [6.07, 6.45) is 3.55. The van der Waals surface area contributed by atoms with Crippen LogP contribution in [0.5, 0.6) is 11.5 Å². The monoisotopic (exact) mass is 457 g/mol. The Morgan fingerprint density at radius 3 is 2.29 bits per heavy atom. The zero-order valence-electron chi connectivity index (χ0n) is 19.6. The molecule has 34 heavy (non-hydrogen) atoms. The third-order valence-corrected chi connectivity index (χ3v) is 6.02. The van der Waals surface area contributed by atoms with E-state index in [2.05, 4.69) is 39.9 Å². The molecule has 0 fully saturated rings. The molecule has 0 radical (unpaired) electrons. The molecule has 1 atom stereocenters. The number of benzene rings is 3. The smallest absolute Gasteiger partial charge is 0.233 e. The Kier molecular flexibility index (Phi) is 7.83. The molecule has 0 saturated carbocycles. The first-order valence-electron chi connectivity index (χ1n) is 11.5. The third-order valence-electron chi connectivity index (χ3n) is 6.02. The SMILES string of the molecule is COc1ccc(C[C@@H](NCC(=O)NCCc2c[nH]c3ccccc23)c2ccc(OC)cc2)cc1. The van der Waals surface area contributed by atoms with Gasteiger partial charge in [0.25, 0.3) is 0 Å². The number of para-hydroxylation sites is 1. The van der Waals surface area contributed by atoms with Crippen molar-refractivity contribution >= 4 is 16.8 Å². The first-order chi connectivity index (χ1) is 16.7. The van der Waals surface area contributed by atoms with Crippen molar-refractivity contribution in [1.29, 1.82) is 0 Å². The number of methoxy groups -OCH3 is 2. The van der Waals surface area contributed by atoms with Gasteiger partial charge in [-0.05, 0) is 59.9 Å². The lowest BCUT2D eigenvalue weighted by Crippen LogP contribution is -2.37. The van der Waals surface area contributed by atoms with Gasteiger partial charge in [-0.1, -0.05) is 42.5 Å². The Hall–Kier alpha value is -3.77. The topological polar surface area (TPSA) is 75.4 Å². The predicted molar refractivity (Wildman–Crippen MR) is 135 cm³/mol. The van der Waals surface area contributed by atoms with E-state index in [0.717, 1.165) is 41.0 Å². The number of amides is 1. The van der Waals surface area contributed by atoms with Crippen LogP contribution in [0.3, 0.4) is 0 Å². The van der Waals surface area contributed by atoms with Crippen LogP contribution in [0.25, 0.3) is 10.9 Å². The third kappa shape index (κ3) is 5.97. The summed E-state index contributed by atoms with van der Waals surface area (Å²) in [7, 11) is 3.32. The number of fused-ring (bicyclic) bond motifs is 1. The lowest BCUT2D eigenvalue weighted by Gasteiger charge is -2.20.